The van der Waals surface area contributed by atoms with Gasteiger partial charge in [-0.2, -0.15) is 13.2 Å². The number of aromatic nitrogens is 1. The van der Waals surface area contributed by atoms with E-state index in [2.05, 4.69) is 4.98 Å². The van der Waals surface area contributed by atoms with E-state index in [0.29, 0.717) is 18.2 Å². The second-order valence-electron chi connectivity index (χ2n) is 9.19. The zero-order valence-electron chi connectivity index (χ0n) is 20.4. The Morgan fingerprint density at radius 1 is 0.763 bits per heavy atom. The maximum absolute atomic E-state index is 13.8. The fraction of sp³-hybridized carbons (Fsp3) is 0.125. The summed E-state index contributed by atoms with van der Waals surface area (Å²) in [6.45, 7) is 0. The van der Waals surface area contributed by atoms with Crippen molar-refractivity contribution in [3.05, 3.63) is 126 Å². The molecule has 38 heavy (non-hydrogen) atoms. The lowest BCUT2D eigenvalue weighted by molar-refractivity contribution is -0.137. The number of carboxylic acid groups (broad SMARTS) is 1. The van der Waals surface area contributed by atoms with Crippen LogP contribution in [0.4, 0.5) is 13.2 Å². The van der Waals surface area contributed by atoms with Crippen molar-refractivity contribution in [3.63, 3.8) is 0 Å². The van der Waals surface area contributed by atoms with E-state index in [0.717, 1.165) is 45.0 Å². The van der Waals surface area contributed by atoms with Crippen LogP contribution in [0.3, 0.4) is 0 Å². The van der Waals surface area contributed by atoms with E-state index in [4.69, 9.17) is 5.11 Å². The smallest absolute Gasteiger partial charge is 0.418 e. The average molecular weight is 512 g/mol. The number of aryl methyl sites for hydroxylation is 1. The summed E-state index contributed by atoms with van der Waals surface area (Å²) in [4.78, 5) is 15.2. The third-order valence-corrected chi connectivity index (χ3v) is 6.58. The summed E-state index contributed by atoms with van der Waals surface area (Å²) in [5, 5.41) is 9.38. The topological polar surface area (TPSA) is 50.2 Å². The SMILES string of the molecule is O=C(O)CCc1ccc(-c2cccc(-c3c(Cc4ccccc4)cnc4c(C(F)(F)F)cccc34)c2)cc1. The summed E-state index contributed by atoms with van der Waals surface area (Å²) in [5.41, 5.74) is 5.35. The highest BCUT2D eigenvalue weighted by molar-refractivity contribution is 5.98. The van der Waals surface area contributed by atoms with Crippen molar-refractivity contribution in [2.24, 2.45) is 0 Å². The van der Waals surface area contributed by atoms with Gasteiger partial charge in [0, 0.05) is 18.0 Å². The molecule has 0 fully saturated rings. The molecule has 1 N–H and O–H groups in total. The maximum atomic E-state index is 13.8. The van der Waals surface area contributed by atoms with E-state index >= 15 is 0 Å². The van der Waals surface area contributed by atoms with Gasteiger partial charge in [-0.3, -0.25) is 9.78 Å². The molecule has 4 aromatic carbocycles. The molecule has 0 atom stereocenters. The van der Waals surface area contributed by atoms with Crippen molar-refractivity contribution in [2.45, 2.75) is 25.4 Å². The molecule has 0 saturated carbocycles. The fourth-order valence-electron chi connectivity index (χ4n) is 4.75. The second kappa shape index (κ2) is 10.5. The highest BCUT2D eigenvalue weighted by Gasteiger charge is 2.33. The molecule has 3 nitrogen and oxygen atoms in total. The molecule has 1 heterocycles. The zero-order valence-corrected chi connectivity index (χ0v) is 20.4. The van der Waals surface area contributed by atoms with Gasteiger partial charge in [0.2, 0.25) is 0 Å². The Morgan fingerprint density at radius 2 is 1.47 bits per heavy atom. The van der Waals surface area contributed by atoms with Crippen molar-refractivity contribution in [3.8, 4) is 22.3 Å². The minimum atomic E-state index is -4.52. The van der Waals surface area contributed by atoms with Crippen LogP contribution in [0.1, 0.15) is 28.7 Å². The molecule has 0 bridgehead atoms. The highest BCUT2D eigenvalue weighted by Crippen LogP contribution is 2.39. The Balaban J connectivity index is 1.63. The number of carbonyl (C=O) groups is 1. The number of fused-ring (bicyclic) bond motifs is 1. The lowest BCUT2D eigenvalue weighted by Crippen LogP contribution is -2.07. The third-order valence-electron chi connectivity index (χ3n) is 6.58. The van der Waals surface area contributed by atoms with Crippen molar-refractivity contribution in [1.82, 2.24) is 4.98 Å². The Kier molecular flexibility index (Phi) is 6.97. The molecule has 0 aliphatic rings. The number of hydrogen-bond acceptors (Lipinski definition) is 2. The molecule has 190 valence electrons. The average Bonchev–Trinajstić information content (AvgIpc) is 2.92. The number of rotatable bonds is 7. The van der Waals surface area contributed by atoms with Crippen molar-refractivity contribution in [1.29, 1.82) is 0 Å². The molecule has 0 aliphatic carbocycles. The molecule has 0 spiro atoms. The van der Waals surface area contributed by atoms with Gasteiger partial charge in [-0.05, 0) is 63.9 Å². The van der Waals surface area contributed by atoms with Gasteiger partial charge in [-0.25, -0.2) is 0 Å². The standard InChI is InChI=1S/C32H24F3NO2/c33-32(34,35)28-11-5-10-27-30(26(20-36-31(27)28)18-22-6-2-1-3-7-22)25-9-4-8-24(19-25)23-15-12-21(13-16-23)14-17-29(37)38/h1-13,15-16,19-20H,14,17-18H2,(H,37,38). The minimum absolute atomic E-state index is 0.0635. The first-order valence-corrected chi connectivity index (χ1v) is 12.2. The zero-order chi connectivity index (χ0) is 26.7. The van der Waals surface area contributed by atoms with E-state index in [9.17, 15) is 18.0 Å². The molecule has 0 amide bonds. The summed E-state index contributed by atoms with van der Waals surface area (Å²) in [6.07, 6.45) is -1.92. The number of alkyl halides is 3. The van der Waals surface area contributed by atoms with E-state index < -0.39 is 17.7 Å². The number of para-hydroxylation sites is 1. The quantitative estimate of drug-likeness (QED) is 0.240. The Labute approximate surface area is 218 Å². The summed E-state index contributed by atoms with van der Waals surface area (Å²) >= 11 is 0. The summed E-state index contributed by atoms with van der Waals surface area (Å²) < 4.78 is 41.5. The number of aliphatic carboxylic acids is 1. The Bertz CT molecular complexity index is 1590. The largest absolute Gasteiger partial charge is 0.481 e. The molecule has 0 aliphatic heterocycles. The van der Waals surface area contributed by atoms with Crippen LogP contribution in [-0.4, -0.2) is 16.1 Å². The predicted molar refractivity (Wildman–Crippen MR) is 143 cm³/mol. The first-order chi connectivity index (χ1) is 18.3. The van der Waals surface area contributed by atoms with E-state index in [1.165, 1.54) is 6.07 Å². The molecule has 0 radical (unpaired) electrons. The monoisotopic (exact) mass is 511 g/mol. The second-order valence-corrected chi connectivity index (χ2v) is 9.19. The van der Waals surface area contributed by atoms with Crippen LogP contribution >= 0.6 is 0 Å². The lowest BCUT2D eigenvalue weighted by atomic mass is 9.90. The van der Waals surface area contributed by atoms with Crippen LogP contribution in [0.25, 0.3) is 33.2 Å². The molecular formula is C32H24F3NO2. The van der Waals surface area contributed by atoms with Gasteiger partial charge in [0.25, 0.3) is 0 Å². The van der Waals surface area contributed by atoms with E-state index in [1.807, 2.05) is 78.9 Å². The number of carboxylic acids is 1. The summed E-state index contributed by atoms with van der Waals surface area (Å²) in [5.74, 6) is -0.841. The van der Waals surface area contributed by atoms with Gasteiger partial charge >= 0.3 is 12.1 Å². The lowest BCUT2D eigenvalue weighted by Gasteiger charge is -2.17. The van der Waals surface area contributed by atoms with Gasteiger partial charge < -0.3 is 5.11 Å². The number of pyridine rings is 1. The molecule has 1 aromatic heterocycles. The van der Waals surface area contributed by atoms with Crippen LogP contribution < -0.4 is 0 Å². The van der Waals surface area contributed by atoms with Crippen LogP contribution in [0.2, 0.25) is 0 Å². The molecule has 5 rings (SSSR count). The highest BCUT2D eigenvalue weighted by atomic mass is 19.4. The first-order valence-electron chi connectivity index (χ1n) is 12.2. The van der Waals surface area contributed by atoms with Crippen molar-refractivity contribution in [2.75, 3.05) is 0 Å². The molecule has 0 saturated heterocycles. The van der Waals surface area contributed by atoms with Crippen molar-refractivity contribution >= 4 is 16.9 Å². The number of nitrogens with zero attached hydrogens (tertiary/aromatic N) is 1. The molecule has 5 aromatic rings. The van der Waals surface area contributed by atoms with Gasteiger partial charge in [0.1, 0.15) is 0 Å². The minimum Gasteiger partial charge on any atom is -0.481 e. The summed E-state index contributed by atoms with van der Waals surface area (Å²) in [7, 11) is 0. The first kappa shape index (κ1) is 25.2. The number of halogens is 3. The number of benzene rings is 4. The fourth-order valence-corrected chi connectivity index (χ4v) is 4.75. The van der Waals surface area contributed by atoms with Gasteiger partial charge in [0.05, 0.1) is 11.1 Å². The normalized spacial score (nSPS) is 11.6. The predicted octanol–water partition coefficient (Wildman–Crippen LogP) is 8.20. The van der Waals surface area contributed by atoms with Crippen LogP contribution in [0, 0.1) is 0 Å². The Hall–Kier alpha value is -4.45. The van der Waals surface area contributed by atoms with Crippen molar-refractivity contribution < 1.29 is 23.1 Å². The number of hydrogen-bond donors (Lipinski definition) is 1. The Morgan fingerprint density at radius 3 is 2.18 bits per heavy atom. The summed E-state index contributed by atoms with van der Waals surface area (Å²) in [6, 6.07) is 29.4. The molecular weight excluding hydrogens is 487 g/mol. The van der Waals surface area contributed by atoms with Crippen LogP contribution in [0.15, 0.2) is 103 Å². The third kappa shape index (κ3) is 5.44. The maximum Gasteiger partial charge on any atom is 0.418 e. The molecule has 0 unspecified atom stereocenters. The van der Waals surface area contributed by atoms with Gasteiger partial charge in [-0.15, -0.1) is 0 Å². The van der Waals surface area contributed by atoms with E-state index in [1.54, 1.807) is 12.3 Å². The van der Waals surface area contributed by atoms with Crippen LogP contribution in [0.5, 0.6) is 0 Å². The van der Waals surface area contributed by atoms with Gasteiger partial charge in [0.15, 0.2) is 0 Å². The van der Waals surface area contributed by atoms with Crippen LogP contribution in [-0.2, 0) is 23.8 Å². The van der Waals surface area contributed by atoms with E-state index in [-0.39, 0.29) is 11.9 Å². The molecule has 6 heteroatoms. The van der Waals surface area contributed by atoms with Gasteiger partial charge in [-0.1, -0.05) is 84.9 Å².